The minimum Gasteiger partial charge on any atom is -0.495 e. The number of primary amides is 1. The highest BCUT2D eigenvalue weighted by Gasteiger charge is 2.29. The number of methoxy groups -OCH3 is 2. The maximum atomic E-state index is 13.3. The molecule has 0 aromatic heterocycles. The van der Waals surface area contributed by atoms with Crippen LogP contribution >= 0.6 is 11.8 Å². The van der Waals surface area contributed by atoms with Gasteiger partial charge in [-0.2, -0.15) is 0 Å². The first-order valence-electron chi connectivity index (χ1n) is 12.7. The molecule has 1 fully saturated rings. The largest absolute Gasteiger partial charge is 0.495 e. The number of likely N-dealkylation sites (tertiary alicyclic amines) is 1. The van der Waals surface area contributed by atoms with Crippen LogP contribution in [0.2, 0.25) is 0 Å². The predicted molar refractivity (Wildman–Crippen MR) is 153 cm³/mol. The van der Waals surface area contributed by atoms with Gasteiger partial charge < -0.3 is 20.1 Å². The van der Waals surface area contributed by atoms with Crippen LogP contribution < -0.4 is 15.4 Å². The summed E-state index contributed by atoms with van der Waals surface area (Å²) in [6.45, 7) is 2.64. The fourth-order valence-electron chi connectivity index (χ4n) is 4.81. The van der Waals surface area contributed by atoms with Crippen molar-refractivity contribution in [2.75, 3.05) is 31.4 Å². The second-order valence-electron chi connectivity index (χ2n) is 9.35. The van der Waals surface area contributed by atoms with Crippen LogP contribution in [0.1, 0.15) is 34.3 Å². The van der Waals surface area contributed by atoms with Crippen LogP contribution in [0, 0.1) is 6.92 Å². The molecule has 1 unspecified atom stereocenters. The molecule has 0 saturated carbocycles. The van der Waals surface area contributed by atoms with Gasteiger partial charge in [-0.3, -0.25) is 9.69 Å². The topological polar surface area (TPSA) is 102 Å². The fraction of sp³-hybridized carbons (Fsp3) is 0.300. The van der Waals surface area contributed by atoms with E-state index in [9.17, 15) is 14.4 Å². The van der Waals surface area contributed by atoms with Crippen molar-refractivity contribution in [3.63, 3.8) is 0 Å². The Kier molecular flexibility index (Phi) is 9.14. The molecule has 204 valence electrons. The molecule has 8 nitrogen and oxygen atoms in total. The molecule has 1 aliphatic heterocycles. The van der Waals surface area contributed by atoms with Crippen molar-refractivity contribution in [1.82, 2.24) is 4.90 Å². The van der Waals surface area contributed by atoms with E-state index in [2.05, 4.69) is 0 Å². The van der Waals surface area contributed by atoms with E-state index in [0.29, 0.717) is 22.7 Å². The van der Waals surface area contributed by atoms with E-state index in [1.54, 1.807) is 36.0 Å². The Balaban J connectivity index is 1.44. The number of benzene rings is 3. The molecule has 3 aromatic carbocycles. The zero-order valence-electron chi connectivity index (χ0n) is 22.4. The Hall–Kier alpha value is -3.98. The lowest BCUT2D eigenvalue weighted by Crippen LogP contribution is -2.38. The molecule has 0 bridgehead atoms. The number of hydrogen-bond donors (Lipinski definition) is 1. The smallest absolute Gasteiger partial charge is 0.337 e. The van der Waals surface area contributed by atoms with Gasteiger partial charge in [0, 0.05) is 23.2 Å². The number of amides is 3. The Bertz CT molecular complexity index is 1340. The Morgan fingerprint density at radius 3 is 2.44 bits per heavy atom. The number of hydrogen-bond acceptors (Lipinski definition) is 6. The third-order valence-electron chi connectivity index (χ3n) is 6.83. The summed E-state index contributed by atoms with van der Waals surface area (Å²) in [6, 6.07) is 19.7. The predicted octanol–water partition coefficient (Wildman–Crippen LogP) is 5.33. The molecule has 1 atom stereocenters. The van der Waals surface area contributed by atoms with E-state index in [0.717, 1.165) is 41.2 Å². The minimum atomic E-state index is -0.622. The quantitative estimate of drug-likeness (QED) is 0.287. The zero-order chi connectivity index (χ0) is 27.9. The van der Waals surface area contributed by atoms with Gasteiger partial charge in [-0.1, -0.05) is 24.3 Å². The highest BCUT2D eigenvalue weighted by Crippen LogP contribution is 2.36. The molecule has 0 radical (unpaired) electrons. The number of urea groups is 1. The Labute approximate surface area is 233 Å². The first-order valence-corrected chi connectivity index (χ1v) is 13.7. The zero-order valence-corrected chi connectivity index (χ0v) is 23.2. The van der Waals surface area contributed by atoms with Crippen molar-refractivity contribution in [3.8, 4) is 5.75 Å². The summed E-state index contributed by atoms with van der Waals surface area (Å²) in [5.74, 6) is 0.933. The third kappa shape index (κ3) is 6.54. The van der Waals surface area contributed by atoms with Gasteiger partial charge in [0.05, 0.1) is 37.6 Å². The minimum absolute atomic E-state index is 0.0552. The van der Waals surface area contributed by atoms with Crippen LogP contribution in [0.3, 0.4) is 0 Å². The van der Waals surface area contributed by atoms with Crippen molar-refractivity contribution in [1.29, 1.82) is 0 Å². The van der Waals surface area contributed by atoms with Gasteiger partial charge in [0.2, 0.25) is 5.91 Å². The molecule has 3 aromatic rings. The van der Waals surface area contributed by atoms with Gasteiger partial charge in [-0.15, -0.1) is 11.8 Å². The average molecular weight is 548 g/mol. The van der Waals surface area contributed by atoms with Gasteiger partial charge in [0.25, 0.3) is 0 Å². The van der Waals surface area contributed by atoms with E-state index in [1.165, 1.54) is 19.1 Å². The van der Waals surface area contributed by atoms with E-state index in [1.807, 2.05) is 54.3 Å². The number of nitrogens with zero attached hydrogens (tertiary/aromatic N) is 2. The lowest BCUT2D eigenvalue weighted by atomic mass is 10.1. The highest BCUT2D eigenvalue weighted by atomic mass is 32.2. The van der Waals surface area contributed by atoms with Crippen molar-refractivity contribution in [3.05, 3.63) is 83.4 Å². The van der Waals surface area contributed by atoms with Gasteiger partial charge >= 0.3 is 12.0 Å². The van der Waals surface area contributed by atoms with Crippen LogP contribution in [0.15, 0.2) is 71.6 Å². The van der Waals surface area contributed by atoms with Gasteiger partial charge in [0.15, 0.2) is 0 Å². The fourth-order valence-corrected chi connectivity index (χ4v) is 5.87. The first-order chi connectivity index (χ1) is 18.8. The van der Waals surface area contributed by atoms with Gasteiger partial charge in [0.1, 0.15) is 5.75 Å². The van der Waals surface area contributed by atoms with Crippen molar-refractivity contribution >= 4 is 41.0 Å². The van der Waals surface area contributed by atoms with Crippen molar-refractivity contribution in [2.45, 2.75) is 37.1 Å². The summed E-state index contributed by atoms with van der Waals surface area (Å²) in [4.78, 5) is 41.8. The number of para-hydroxylation sites is 1. The molecule has 9 heteroatoms. The molecule has 0 spiro atoms. The molecule has 1 aliphatic rings. The van der Waals surface area contributed by atoms with Gasteiger partial charge in [-0.05, 0) is 73.4 Å². The number of aryl methyl sites for hydroxylation is 1. The molecule has 1 saturated heterocycles. The van der Waals surface area contributed by atoms with E-state index in [4.69, 9.17) is 15.2 Å². The lowest BCUT2D eigenvalue weighted by Gasteiger charge is -2.26. The number of carbonyl (C=O) groups excluding carboxylic acids is 3. The normalized spacial score (nSPS) is 14.6. The molecule has 4 rings (SSSR count). The third-order valence-corrected chi connectivity index (χ3v) is 7.99. The number of nitrogens with two attached hydrogens (primary N) is 1. The number of thioether (sulfide) groups is 1. The van der Waals surface area contributed by atoms with Crippen molar-refractivity contribution < 1.29 is 23.9 Å². The number of ether oxygens (including phenoxy) is 2. The summed E-state index contributed by atoms with van der Waals surface area (Å²) < 4.78 is 10.4. The summed E-state index contributed by atoms with van der Waals surface area (Å²) in [5, 5.41) is 0. The molecule has 2 N–H and O–H groups in total. The Morgan fingerprint density at radius 1 is 1.03 bits per heavy atom. The summed E-state index contributed by atoms with van der Waals surface area (Å²) in [6.07, 6.45) is 2.14. The molecule has 39 heavy (non-hydrogen) atoms. The molecule has 1 heterocycles. The van der Waals surface area contributed by atoms with Crippen LogP contribution in [0.5, 0.6) is 5.75 Å². The first kappa shape index (κ1) is 28.0. The van der Waals surface area contributed by atoms with Crippen LogP contribution in [0.4, 0.5) is 16.2 Å². The second kappa shape index (κ2) is 12.7. The number of esters is 1. The standard InChI is InChI=1S/C30H33N3O5S/c1-20-7-4-5-9-25(20)33(30(31)36)26-15-10-21(17-27(26)37-2)18-28(34)32-16-6-8-23(32)19-39-24-13-11-22(12-14-24)29(35)38-3/h4-5,7,9-15,17,23H,6,8,16,18-19H2,1-3H3,(H2,31,36). The van der Waals surface area contributed by atoms with Crippen LogP contribution in [-0.2, 0) is 16.0 Å². The highest BCUT2D eigenvalue weighted by molar-refractivity contribution is 7.99. The van der Waals surface area contributed by atoms with E-state index >= 15 is 0 Å². The maximum absolute atomic E-state index is 13.3. The number of anilines is 2. The molecular formula is C30H33N3O5S. The molecule has 3 amide bonds. The van der Waals surface area contributed by atoms with E-state index < -0.39 is 6.03 Å². The second-order valence-corrected chi connectivity index (χ2v) is 10.4. The average Bonchev–Trinajstić information content (AvgIpc) is 3.42. The summed E-state index contributed by atoms with van der Waals surface area (Å²) >= 11 is 1.67. The number of rotatable bonds is 9. The van der Waals surface area contributed by atoms with Gasteiger partial charge in [-0.25, -0.2) is 9.59 Å². The number of carbonyl (C=O) groups is 3. The van der Waals surface area contributed by atoms with Crippen molar-refractivity contribution in [2.24, 2.45) is 5.73 Å². The lowest BCUT2D eigenvalue weighted by molar-refractivity contribution is -0.130. The van der Waals surface area contributed by atoms with Crippen LogP contribution in [-0.4, -0.2) is 55.4 Å². The summed E-state index contributed by atoms with van der Waals surface area (Å²) in [5.41, 5.74) is 9.15. The molecule has 0 aliphatic carbocycles. The molecular weight excluding hydrogens is 514 g/mol. The van der Waals surface area contributed by atoms with Crippen LogP contribution in [0.25, 0.3) is 0 Å². The van der Waals surface area contributed by atoms with E-state index in [-0.39, 0.29) is 24.3 Å². The Morgan fingerprint density at radius 2 is 1.77 bits per heavy atom. The maximum Gasteiger partial charge on any atom is 0.337 e. The monoisotopic (exact) mass is 547 g/mol. The summed E-state index contributed by atoms with van der Waals surface area (Å²) in [7, 11) is 2.90. The SMILES string of the molecule is COC(=O)c1ccc(SCC2CCCN2C(=O)Cc2ccc(N(C(N)=O)c3ccccc3C)c(OC)c2)cc1.